The molecule has 2 aromatic rings. The fourth-order valence-corrected chi connectivity index (χ4v) is 2.24. The molecule has 4 heteroatoms. The van der Waals surface area contributed by atoms with Gasteiger partial charge in [-0.15, -0.1) is 12.6 Å². The van der Waals surface area contributed by atoms with Crippen LogP contribution in [0.2, 0.25) is 0 Å². The van der Waals surface area contributed by atoms with Crippen LogP contribution < -0.4 is 5.32 Å². The highest BCUT2D eigenvalue weighted by Gasteiger charge is 2.12. The summed E-state index contributed by atoms with van der Waals surface area (Å²) in [4.78, 5) is 12.6. The van der Waals surface area contributed by atoms with Crippen LogP contribution in [0.4, 0.5) is 4.39 Å². The minimum Gasteiger partial charge on any atom is -0.348 e. The Hall–Kier alpha value is -1.81. The largest absolute Gasteiger partial charge is 0.348 e. The molecule has 0 atom stereocenters. The number of rotatable bonds is 4. The summed E-state index contributed by atoms with van der Waals surface area (Å²) in [6.45, 7) is 2.45. The second kappa shape index (κ2) is 6.57. The lowest BCUT2D eigenvalue weighted by molar-refractivity contribution is 0.0946. The van der Waals surface area contributed by atoms with E-state index in [1.54, 1.807) is 0 Å². The number of nitrogens with one attached hydrogen (secondary N) is 1. The van der Waals surface area contributed by atoms with Crippen molar-refractivity contribution < 1.29 is 9.18 Å². The first kappa shape index (κ1) is 14.6. The van der Waals surface area contributed by atoms with Gasteiger partial charge in [-0.05, 0) is 35.7 Å². The molecule has 0 bridgehead atoms. The SMILES string of the molecule is CCc1ccccc1CNC(=O)c1cc(S)ccc1F. The Kier molecular flexibility index (Phi) is 4.79. The van der Waals surface area contributed by atoms with E-state index >= 15 is 0 Å². The summed E-state index contributed by atoms with van der Waals surface area (Å²) in [6.07, 6.45) is 0.895. The third-order valence-electron chi connectivity index (χ3n) is 3.13. The Labute approximate surface area is 123 Å². The lowest BCUT2D eigenvalue weighted by Gasteiger charge is -2.10. The molecule has 0 aromatic heterocycles. The summed E-state index contributed by atoms with van der Waals surface area (Å²) in [7, 11) is 0. The van der Waals surface area contributed by atoms with E-state index in [9.17, 15) is 9.18 Å². The number of hydrogen-bond donors (Lipinski definition) is 2. The summed E-state index contributed by atoms with van der Waals surface area (Å²) in [5.74, 6) is -0.964. The highest BCUT2D eigenvalue weighted by Crippen LogP contribution is 2.14. The number of amides is 1. The molecule has 2 nitrogen and oxygen atoms in total. The summed E-state index contributed by atoms with van der Waals surface area (Å²) in [5, 5.41) is 2.75. The number of benzene rings is 2. The first-order chi connectivity index (χ1) is 9.61. The van der Waals surface area contributed by atoms with Crippen LogP contribution in [0, 0.1) is 5.82 Å². The van der Waals surface area contributed by atoms with Gasteiger partial charge in [-0.3, -0.25) is 4.79 Å². The average Bonchev–Trinajstić information content (AvgIpc) is 2.47. The standard InChI is InChI=1S/C16H16FNOS/c1-2-11-5-3-4-6-12(11)10-18-16(19)14-9-13(20)7-8-15(14)17/h3-9,20H,2,10H2,1H3,(H,18,19). The number of carbonyl (C=O) groups excluding carboxylic acids is 1. The van der Waals surface area contributed by atoms with Crippen LogP contribution >= 0.6 is 12.6 Å². The third kappa shape index (κ3) is 3.39. The zero-order valence-electron chi connectivity index (χ0n) is 11.2. The van der Waals surface area contributed by atoms with Crippen LogP contribution in [-0.2, 0) is 13.0 Å². The molecule has 0 spiro atoms. The summed E-state index contributed by atoms with van der Waals surface area (Å²) in [6, 6.07) is 12.1. The lowest BCUT2D eigenvalue weighted by atomic mass is 10.1. The Morgan fingerprint density at radius 3 is 2.60 bits per heavy atom. The average molecular weight is 289 g/mol. The van der Waals surface area contributed by atoms with Gasteiger partial charge >= 0.3 is 0 Å². The molecule has 0 saturated carbocycles. The maximum Gasteiger partial charge on any atom is 0.254 e. The molecule has 0 aliphatic rings. The molecule has 1 amide bonds. The molecule has 104 valence electrons. The van der Waals surface area contributed by atoms with Crippen molar-refractivity contribution in [1.82, 2.24) is 5.32 Å². The van der Waals surface area contributed by atoms with Gasteiger partial charge in [0.05, 0.1) is 5.56 Å². The smallest absolute Gasteiger partial charge is 0.254 e. The van der Waals surface area contributed by atoms with E-state index in [0.717, 1.165) is 12.0 Å². The second-order valence-corrected chi connectivity index (χ2v) is 4.99. The fourth-order valence-electron chi connectivity index (χ4n) is 2.03. The first-order valence-electron chi connectivity index (χ1n) is 6.45. The van der Waals surface area contributed by atoms with Gasteiger partial charge in [-0.25, -0.2) is 4.39 Å². The van der Waals surface area contributed by atoms with E-state index in [2.05, 4.69) is 24.9 Å². The quantitative estimate of drug-likeness (QED) is 0.827. The van der Waals surface area contributed by atoms with Crippen LogP contribution in [0.5, 0.6) is 0 Å². The van der Waals surface area contributed by atoms with E-state index in [-0.39, 0.29) is 5.56 Å². The Morgan fingerprint density at radius 2 is 1.90 bits per heavy atom. The predicted octanol–water partition coefficient (Wildman–Crippen LogP) is 3.61. The normalized spacial score (nSPS) is 10.3. The van der Waals surface area contributed by atoms with Crippen molar-refractivity contribution in [3.63, 3.8) is 0 Å². The van der Waals surface area contributed by atoms with Gasteiger partial charge in [0.1, 0.15) is 5.82 Å². The Bertz CT molecular complexity index is 628. The summed E-state index contributed by atoms with van der Waals surface area (Å²) in [5.41, 5.74) is 2.24. The van der Waals surface area contributed by atoms with Crippen molar-refractivity contribution in [2.24, 2.45) is 0 Å². The molecule has 0 fully saturated rings. The van der Waals surface area contributed by atoms with Gasteiger partial charge in [-0.2, -0.15) is 0 Å². The molecule has 0 radical (unpaired) electrons. The lowest BCUT2D eigenvalue weighted by Crippen LogP contribution is -2.24. The molecule has 0 saturated heterocycles. The fraction of sp³-hybridized carbons (Fsp3) is 0.188. The molecule has 2 rings (SSSR count). The van der Waals surface area contributed by atoms with Gasteiger partial charge in [0.15, 0.2) is 0 Å². The highest BCUT2D eigenvalue weighted by atomic mass is 32.1. The van der Waals surface area contributed by atoms with Gasteiger partial charge in [-0.1, -0.05) is 31.2 Å². The minimum atomic E-state index is -0.538. The topological polar surface area (TPSA) is 29.1 Å². The van der Waals surface area contributed by atoms with Crippen LogP contribution in [0.3, 0.4) is 0 Å². The van der Waals surface area contributed by atoms with Crippen molar-refractivity contribution in [2.45, 2.75) is 24.8 Å². The number of halogens is 1. The van der Waals surface area contributed by atoms with Gasteiger partial charge in [0.25, 0.3) is 5.91 Å². The van der Waals surface area contributed by atoms with Gasteiger partial charge in [0, 0.05) is 11.4 Å². The molecule has 0 aliphatic carbocycles. The highest BCUT2D eigenvalue weighted by molar-refractivity contribution is 7.80. The Morgan fingerprint density at radius 1 is 1.20 bits per heavy atom. The van der Waals surface area contributed by atoms with Crippen molar-refractivity contribution in [2.75, 3.05) is 0 Å². The monoisotopic (exact) mass is 289 g/mol. The van der Waals surface area contributed by atoms with Crippen LogP contribution in [-0.4, -0.2) is 5.91 Å². The van der Waals surface area contributed by atoms with Crippen molar-refractivity contribution in [3.05, 3.63) is 65.0 Å². The number of thiol groups is 1. The van der Waals surface area contributed by atoms with Crippen molar-refractivity contribution in [1.29, 1.82) is 0 Å². The molecular weight excluding hydrogens is 273 g/mol. The number of carbonyl (C=O) groups is 1. The minimum absolute atomic E-state index is 0.0199. The summed E-state index contributed by atoms with van der Waals surface area (Å²) < 4.78 is 13.6. The van der Waals surface area contributed by atoms with Crippen molar-refractivity contribution >= 4 is 18.5 Å². The maximum atomic E-state index is 13.6. The zero-order valence-corrected chi connectivity index (χ0v) is 12.1. The number of hydrogen-bond acceptors (Lipinski definition) is 2. The van der Waals surface area contributed by atoms with Gasteiger partial charge < -0.3 is 5.32 Å². The van der Waals surface area contributed by atoms with Crippen LogP contribution in [0.1, 0.15) is 28.4 Å². The molecule has 2 aromatic carbocycles. The Balaban J connectivity index is 2.11. The maximum absolute atomic E-state index is 13.6. The molecule has 0 unspecified atom stereocenters. The first-order valence-corrected chi connectivity index (χ1v) is 6.90. The van der Waals surface area contributed by atoms with E-state index in [4.69, 9.17) is 0 Å². The number of aryl methyl sites for hydroxylation is 1. The van der Waals surface area contributed by atoms with E-state index in [1.165, 1.54) is 23.8 Å². The third-order valence-corrected chi connectivity index (χ3v) is 3.41. The second-order valence-electron chi connectivity index (χ2n) is 4.47. The molecular formula is C16H16FNOS. The zero-order chi connectivity index (χ0) is 14.5. The van der Waals surface area contributed by atoms with Crippen LogP contribution in [0.15, 0.2) is 47.4 Å². The molecule has 1 N–H and O–H groups in total. The van der Waals surface area contributed by atoms with E-state index < -0.39 is 11.7 Å². The van der Waals surface area contributed by atoms with E-state index in [0.29, 0.717) is 11.4 Å². The molecule has 20 heavy (non-hydrogen) atoms. The van der Waals surface area contributed by atoms with Gasteiger partial charge in [0.2, 0.25) is 0 Å². The summed E-state index contributed by atoms with van der Waals surface area (Å²) >= 11 is 4.12. The predicted molar refractivity (Wildman–Crippen MR) is 80.6 cm³/mol. The van der Waals surface area contributed by atoms with E-state index in [1.807, 2.05) is 24.3 Å². The molecule has 0 aliphatic heterocycles. The van der Waals surface area contributed by atoms with Crippen molar-refractivity contribution in [3.8, 4) is 0 Å². The molecule has 0 heterocycles. The van der Waals surface area contributed by atoms with Crippen LogP contribution in [0.25, 0.3) is 0 Å².